The summed E-state index contributed by atoms with van der Waals surface area (Å²) in [5, 5.41) is 0. The van der Waals surface area contributed by atoms with Crippen molar-refractivity contribution >= 4 is 15.9 Å². The minimum Gasteiger partial charge on any atom is -0.497 e. The smallest absolute Gasteiger partial charge is 0.119 e. The van der Waals surface area contributed by atoms with Gasteiger partial charge in [-0.15, -0.1) is 0 Å². The Labute approximate surface area is 161 Å². The topological polar surface area (TPSA) is 21.7 Å². The molecule has 2 aliphatic rings. The molecule has 1 unspecified atom stereocenters. The Balaban J connectivity index is 1.42. The number of halogens is 1. The van der Waals surface area contributed by atoms with E-state index in [1.165, 1.54) is 68.2 Å². The molecule has 0 bridgehead atoms. The third kappa shape index (κ3) is 5.45. The SMILES string of the molecule is COc1ccc(Br)c(CC2CCN(CCC3CCC(OC)CC3)C2)c1. The average Bonchev–Trinajstić information content (AvgIpc) is 3.09. The zero-order valence-corrected chi connectivity index (χ0v) is 17.3. The fourth-order valence-corrected chi connectivity index (χ4v) is 4.86. The molecule has 3 rings (SSSR count). The largest absolute Gasteiger partial charge is 0.497 e. The third-order valence-corrected chi connectivity index (χ3v) is 6.89. The van der Waals surface area contributed by atoms with Gasteiger partial charge < -0.3 is 14.4 Å². The number of ether oxygens (including phenoxy) is 2. The summed E-state index contributed by atoms with van der Waals surface area (Å²) in [6.07, 6.45) is 9.58. The number of hydrogen-bond donors (Lipinski definition) is 0. The molecule has 0 spiro atoms. The van der Waals surface area contributed by atoms with Crippen LogP contribution in [0.25, 0.3) is 0 Å². The van der Waals surface area contributed by atoms with Crippen molar-refractivity contribution in [2.45, 2.75) is 51.0 Å². The standard InChI is InChI=1S/C21H32BrNO2/c1-24-19-5-3-16(4-6-19)9-11-23-12-10-17(15-23)13-18-14-20(25-2)7-8-21(18)22/h7-8,14,16-17,19H,3-6,9-13,15H2,1-2H3. The van der Waals surface area contributed by atoms with E-state index < -0.39 is 0 Å². The van der Waals surface area contributed by atoms with Gasteiger partial charge in [0, 0.05) is 18.1 Å². The molecule has 4 heteroatoms. The number of likely N-dealkylation sites (tertiary alicyclic amines) is 1. The van der Waals surface area contributed by atoms with Crippen molar-refractivity contribution in [3.63, 3.8) is 0 Å². The Kier molecular flexibility index (Phi) is 7.20. The molecule has 1 aliphatic heterocycles. The monoisotopic (exact) mass is 409 g/mol. The first-order valence-electron chi connectivity index (χ1n) is 9.75. The van der Waals surface area contributed by atoms with Gasteiger partial charge in [0.1, 0.15) is 5.75 Å². The maximum atomic E-state index is 5.49. The Morgan fingerprint density at radius 2 is 1.88 bits per heavy atom. The predicted molar refractivity (Wildman–Crippen MR) is 106 cm³/mol. The van der Waals surface area contributed by atoms with Gasteiger partial charge in [-0.1, -0.05) is 15.9 Å². The molecule has 2 fully saturated rings. The summed E-state index contributed by atoms with van der Waals surface area (Å²) in [5.74, 6) is 2.64. The lowest BCUT2D eigenvalue weighted by atomic mass is 9.85. The number of nitrogens with zero attached hydrogens (tertiary/aromatic N) is 1. The second kappa shape index (κ2) is 9.38. The Bertz CT molecular complexity index is 543. The molecule has 1 aromatic rings. The van der Waals surface area contributed by atoms with E-state index in [4.69, 9.17) is 9.47 Å². The molecule has 1 saturated heterocycles. The lowest BCUT2D eigenvalue weighted by Crippen LogP contribution is -2.27. The molecule has 25 heavy (non-hydrogen) atoms. The molecule has 140 valence electrons. The van der Waals surface area contributed by atoms with Crippen LogP contribution in [0.15, 0.2) is 22.7 Å². The van der Waals surface area contributed by atoms with Gasteiger partial charge in [0.05, 0.1) is 13.2 Å². The van der Waals surface area contributed by atoms with Crippen molar-refractivity contribution in [3.05, 3.63) is 28.2 Å². The number of methoxy groups -OCH3 is 2. The van der Waals surface area contributed by atoms with Crippen molar-refractivity contribution in [3.8, 4) is 5.75 Å². The maximum absolute atomic E-state index is 5.49. The highest BCUT2D eigenvalue weighted by molar-refractivity contribution is 9.10. The molecule has 1 heterocycles. The van der Waals surface area contributed by atoms with E-state index in [0.717, 1.165) is 24.0 Å². The molecule has 1 aromatic carbocycles. The van der Waals surface area contributed by atoms with Crippen LogP contribution in [0.4, 0.5) is 0 Å². The van der Waals surface area contributed by atoms with Crippen LogP contribution in [0.2, 0.25) is 0 Å². The van der Waals surface area contributed by atoms with E-state index in [2.05, 4.69) is 33.0 Å². The summed E-state index contributed by atoms with van der Waals surface area (Å²) in [5.41, 5.74) is 1.38. The Hall–Kier alpha value is -0.580. The molecule has 1 saturated carbocycles. The summed E-state index contributed by atoms with van der Waals surface area (Å²) < 4.78 is 12.1. The van der Waals surface area contributed by atoms with Crippen molar-refractivity contribution in [1.82, 2.24) is 4.90 Å². The van der Waals surface area contributed by atoms with E-state index in [-0.39, 0.29) is 0 Å². The highest BCUT2D eigenvalue weighted by atomic mass is 79.9. The highest BCUT2D eigenvalue weighted by Crippen LogP contribution is 2.31. The quantitative estimate of drug-likeness (QED) is 0.637. The van der Waals surface area contributed by atoms with Gasteiger partial charge in [0.15, 0.2) is 0 Å². The van der Waals surface area contributed by atoms with Crippen molar-refractivity contribution in [2.75, 3.05) is 33.9 Å². The molecule has 0 aromatic heterocycles. The summed E-state index contributed by atoms with van der Waals surface area (Å²) in [4.78, 5) is 2.68. The van der Waals surface area contributed by atoms with Crippen LogP contribution in [-0.4, -0.2) is 44.9 Å². The van der Waals surface area contributed by atoms with Crippen LogP contribution in [0.1, 0.15) is 44.1 Å². The Morgan fingerprint density at radius 3 is 2.60 bits per heavy atom. The minimum atomic E-state index is 0.522. The summed E-state index contributed by atoms with van der Waals surface area (Å²) in [6, 6.07) is 6.31. The number of rotatable bonds is 7. The fourth-order valence-electron chi connectivity index (χ4n) is 4.45. The lowest BCUT2D eigenvalue weighted by Gasteiger charge is -2.28. The average molecular weight is 410 g/mol. The zero-order chi connectivity index (χ0) is 17.6. The number of benzene rings is 1. The molecule has 0 N–H and O–H groups in total. The van der Waals surface area contributed by atoms with Gasteiger partial charge in [0.2, 0.25) is 0 Å². The summed E-state index contributed by atoms with van der Waals surface area (Å²) >= 11 is 3.70. The van der Waals surface area contributed by atoms with Crippen LogP contribution in [-0.2, 0) is 11.2 Å². The van der Waals surface area contributed by atoms with E-state index in [9.17, 15) is 0 Å². The van der Waals surface area contributed by atoms with Gasteiger partial charge in [0.25, 0.3) is 0 Å². The molecule has 3 nitrogen and oxygen atoms in total. The van der Waals surface area contributed by atoms with Crippen molar-refractivity contribution < 1.29 is 9.47 Å². The van der Waals surface area contributed by atoms with Gasteiger partial charge in [-0.2, -0.15) is 0 Å². The minimum absolute atomic E-state index is 0.522. The molecule has 0 radical (unpaired) electrons. The number of hydrogen-bond acceptors (Lipinski definition) is 3. The third-order valence-electron chi connectivity index (χ3n) is 6.11. The van der Waals surface area contributed by atoms with Gasteiger partial charge in [-0.25, -0.2) is 0 Å². The highest BCUT2D eigenvalue weighted by Gasteiger charge is 2.25. The van der Waals surface area contributed by atoms with Crippen molar-refractivity contribution in [2.24, 2.45) is 11.8 Å². The molecular weight excluding hydrogens is 378 g/mol. The summed E-state index contributed by atoms with van der Waals surface area (Å²) in [6.45, 7) is 3.79. The first-order valence-corrected chi connectivity index (χ1v) is 10.5. The van der Waals surface area contributed by atoms with Crippen molar-refractivity contribution in [1.29, 1.82) is 0 Å². The van der Waals surface area contributed by atoms with Gasteiger partial charge >= 0.3 is 0 Å². The van der Waals surface area contributed by atoms with E-state index in [1.807, 2.05) is 13.2 Å². The van der Waals surface area contributed by atoms with Crippen LogP contribution < -0.4 is 4.74 Å². The van der Waals surface area contributed by atoms with Gasteiger partial charge in [-0.05, 0) is 93.6 Å². The second-order valence-electron chi connectivity index (χ2n) is 7.78. The van der Waals surface area contributed by atoms with Crippen LogP contribution in [0, 0.1) is 11.8 Å². The molecule has 1 aliphatic carbocycles. The Morgan fingerprint density at radius 1 is 1.08 bits per heavy atom. The molecular formula is C21H32BrNO2. The van der Waals surface area contributed by atoms with Crippen LogP contribution in [0.3, 0.4) is 0 Å². The summed E-state index contributed by atoms with van der Waals surface area (Å²) in [7, 11) is 3.60. The first-order chi connectivity index (χ1) is 12.2. The second-order valence-corrected chi connectivity index (χ2v) is 8.64. The van der Waals surface area contributed by atoms with Crippen LogP contribution >= 0.6 is 15.9 Å². The normalized spacial score (nSPS) is 27.6. The lowest BCUT2D eigenvalue weighted by molar-refractivity contribution is 0.0540. The molecule has 0 amide bonds. The first kappa shape index (κ1) is 19.2. The van der Waals surface area contributed by atoms with Gasteiger partial charge in [-0.3, -0.25) is 0 Å². The van der Waals surface area contributed by atoms with Crippen LogP contribution in [0.5, 0.6) is 5.75 Å². The van der Waals surface area contributed by atoms with E-state index >= 15 is 0 Å². The predicted octanol–water partition coefficient (Wildman–Crippen LogP) is 4.92. The fraction of sp³-hybridized carbons (Fsp3) is 0.714. The van der Waals surface area contributed by atoms with E-state index in [0.29, 0.717) is 6.10 Å². The maximum Gasteiger partial charge on any atom is 0.119 e. The van der Waals surface area contributed by atoms with E-state index in [1.54, 1.807) is 7.11 Å². The zero-order valence-electron chi connectivity index (χ0n) is 15.7. The molecule has 1 atom stereocenters.